The van der Waals surface area contributed by atoms with Crippen molar-refractivity contribution in [1.29, 1.82) is 0 Å². The Morgan fingerprint density at radius 1 is 0.833 bits per heavy atom. The van der Waals surface area contributed by atoms with E-state index < -0.39 is 0 Å². The Morgan fingerprint density at radius 3 is 1.94 bits per heavy atom. The molecular weight excluding hydrogens is 228 g/mol. The van der Waals surface area contributed by atoms with Crippen molar-refractivity contribution in [1.82, 2.24) is 0 Å². The molecule has 0 aliphatic heterocycles. The Kier molecular flexibility index (Phi) is 13.2. The second-order valence-electron chi connectivity index (χ2n) is 5.08. The lowest BCUT2D eigenvalue weighted by molar-refractivity contribution is 0.0428. The van der Waals surface area contributed by atoms with E-state index in [1.807, 2.05) is 0 Å². The summed E-state index contributed by atoms with van der Waals surface area (Å²) in [6.45, 7) is 8.42. The van der Waals surface area contributed by atoms with Crippen molar-refractivity contribution in [3.63, 3.8) is 0 Å². The van der Waals surface area contributed by atoms with Crippen LogP contribution >= 0.6 is 0 Å². The molecule has 18 heavy (non-hydrogen) atoms. The summed E-state index contributed by atoms with van der Waals surface area (Å²) < 4.78 is 11.3. The SMILES string of the molecule is CCCOC(C)CCCCOC(C)CCCCO. The zero-order valence-corrected chi connectivity index (χ0v) is 12.5. The molecular formula is C15H32O3. The quantitative estimate of drug-likeness (QED) is 0.515. The van der Waals surface area contributed by atoms with Crippen LogP contribution in [0.25, 0.3) is 0 Å². The van der Waals surface area contributed by atoms with Crippen LogP contribution in [0.3, 0.4) is 0 Å². The number of aliphatic hydroxyl groups excluding tert-OH is 1. The van der Waals surface area contributed by atoms with E-state index in [9.17, 15) is 0 Å². The Morgan fingerprint density at radius 2 is 1.39 bits per heavy atom. The molecule has 0 saturated heterocycles. The third kappa shape index (κ3) is 12.3. The fraction of sp³-hybridized carbons (Fsp3) is 1.00. The first-order valence-corrected chi connectivity index (χ1v) is 7.54. The van der Waals surface area contributed by atoms with Crippen molar-refractivity contribution >= 4 is 0 Å². The lowest BCUT2D eigenvalue weighted by Crippen LogP contribution is -2.11. The molecule has 0 radical (unpaired) electrons. The molecule has 0 fully saturated rings. The molecule has 3 heteroatoms. The Labute approximate surface area is 113 Å². The molecule has 0 aliphatic carbocycles. The molecule has 0 aromatic rings. The summed E-state index contributed by atoms with van der Waals surface area (Å²) in [5, 5.41) is 8.69. The fourth-order valence-electron chi connectivity index (χ4n) is 1.85. The van der Waals surface area contributed by atoms with Gasteiger partial charge in [0, 0.05) is 19.8 Å². The molecule has 0 aromatic heterocycles. The van der Waals surface area contributed by atoms with Crippen LogP contribution in [0.2, 0.25) is 0 Å². The van der Waals surface area contributed by atoms with E-state index in [4.69, 9.17) is 14.6 Å². The van der Waals surface area contributed by atoms with Crippen LogP contribution in [0.4, 0.5) is 0 Å². The van der Waals surface area contributed by atoms with Gasteiger partial charge in [-0.05, 0) is 58.8 Å². The largest absolute Gasteiger partial charge is 0.396 e. The predicted molar refractivity (Wildman–Crippen MR) is 75.9 cm³/mol. The minimum absolute atomic E-state index is 0.294. The van der Waals surface area contributed by atoms with E-state index in [1.165, 1.54) is 6.42 Å². The van der Waals surface area contributed by atoms with Crippen molar-refractivity contribution in [2.45, 2.75) is 77.9 Å². The van der Waals surface area contributed by atoms with E-state index in [-0.39, 0.29) is 0 Å². The summed E-state index contributed by atoms with van der Waals surface area (Å²) in [6, 6.07) is 0. The highest BCUT2D eigenvalue weighted by molar-refractivity contribution is 4.54. The number of hydrogen-bond acceptors (Lipinski definition) is 3. The molecule has 0 bridgehead atoms. The highest BCUT2D eigenvalue weighted by Crippen LogP contribution is 2.08. The third-order valence-electron chi connectivity index (χ3n) is 3.03. The van der Waals surface area contributed by atoms with Gasteiger partial charge in [-0.3, -0.25) is 0 Å². The van der Waals surface area contributed by atoms with Crippen molar-refractivity contribution < 1.29 is 14.6 Å². The topological polar surface area (TPSA) is 38.7 Å². The number of ether oxygens (including phenoxy) is 2. The standard InChI is InChI=1S/C15H32O3/c1-4-12-17-14(2)10-6-8-13-18-15(3)9-5-7-11-16/h14-16H,4-13H2,1-3H3. The average Bonchev–Trinajstić information content (AvgIpc) is 2.36. The van der Waals surface area contributed by atoms with Gasteiger partial charge in [-0.15, -0.1) is 0 Å². The van der Waals surface area contributed by atoms with E-state index in [0.717, 1.165) is 51.7 Å². The first-order chi connectivity index (χ1) is 8.70. The second kappa shape index (κ2) is 13.3. The number of hydrogen-bond donors (Lipinski definition) is 1. The predicted octanol–water partition coefficient (Wildman–Crippen LogP) is 3.54. The minimum atomic E-state index is 0.294. The Hall–Kier alpha value is -0.120. The van der Waals surface area contributed by atoms with Gasteiger partial charge >= 0.3 is 0 Å². The summed E-state index contributed by atoms with van der Waals surface area (Å²) in [4.78, 5) is 0. The highest BCUT2D eigenvalue weighted by atomic mass is 16.5. The molecule has 0 saturated carbocycles. The van der Waals surface area contributed by atoms with Crippen LogP contribution in [0.15, 0.2) is 0 Å². The van der Waals surface area contributed by atoms with Crippen LogP contribution < -0.4 is 0 Å². The maximum atomic E-state index is 8.69. The van der Waals surface area contributed by atoms with Gasteiger partial charge in [0.2, 0.25) is 0 Å². The lowest BCUT2D eigenvalue weighted by Gasteiger charge is -2.14. The number of unbranched alkanes of at least 4 members (excludes halogenated alkanes) is 2. The maximum Gasteiger partial charge on any atom is 0.0547 e. The Bertz CT molecular complexity index is 162. The molecule has 0 aromatic carbocycles. The molecule has 0 aliphatic rings. The molecule has 0 heterocycles. The summed E-state index contributed by atoms with van der Waals surface area (Å²) in [7, 11) is 0. The van der Waals surface area contributed by atoms with Crippen LogP contribution in [-0.2, 0) is 9.47 Å². The van der Waals surface area contributed by atoms with Gasteiger partial charge in [0.25, 0.3) is 0 Å². The van der Waals surface area contributed by atoms with Gasteiger partial charge in [0.15, 0.2) is 0 Å². The zero-order chi connectivity index (χ0) is 13.6. The van der Waals surface area contributed by atoms with Gasteiger partial charge in [-0.2, -0.15) is 0 Å². The lowest BCUT2D eigenvalue weighted by atomic mass is 10.1. The number of rotatable bonds is 13. The first-order valence-electron chi connectivity index (χ1n) is 7.54. The van der Waals surface area contributed by atoms with E-state index in [1.54, 1.807) is 0 Å². The van der Waals surface area contributed by atoms with Crippen LogP contribution in [0, 0.1) is 0 Å². The van der Waals surface area contributed by atoms with Crippen molar-refractivity contribution in [3.05, 3.63) is 0 Å². The average molecular weight is 260 g/mol. The van der Waals surface area contributed by atoms with E-state index >= 15 is 0 Å². The summed E-state index contributed by atoms with van der Waals surface area (Å²) in [5.41, 5.74) is 0. The Balaban J connectivity index is 3.23. The number of aliphatic hydroxyl groups is 1. The smallest absolute Gasteiger partial charge is 0.0547 e. The summed E-state index contributed by atoms with van der Waals surface area (Å²) in [6.07, 6.45) is 8.22. The molecule has 2 atom stereocenters. The van der Waals surface area contributed by atoms with Gasteiger partial charge < -0.3 is 14.6 Å². The monoisotopic (exact) mass is 260 g/mol. The first kappa shape index (κ1) is 17.9. The minimum Gasteiger partial charge on any atom is -0.396 e. The van der Waals surface area contributed by atoms with E-state index in [2.05, 4.69) is 20.8 Å². The van der Waals surface area contributed by atoms with Gasteiger partial charge in [-0.1, -0.05) is 6.92 Å². The highest BCUT2D eigenvalue weighted by Gasteiger charge is 2.03. The van der Waals surface area contributed by atoms with Gasteiger partial charge in [-0.25, -0.2) is 0 Å². The van der Waals surface area contributed by atoms with Gasteiger partial charge in [0.05, 0.1) is 12.2 Å². The molecule has 110 valence electrons. The zero-order valence-electron chi connectivity index (χ0n) is 12.5. The van der Waals surface area contributed by atoms with E-state index in [0.29, 0.717) is 18.8 Å². The molecule has 1 N–H and O–H groups in total. The molecule has 0 rings (SSSR count). The normalized spacial score (nSPS) is 14.7. The van der Waals surface area contributed by atoms with Gasteiger partial charge in [0.1, 0.15) is 0 Å². The molecule has 0 amide bonds. The molecule has 2 unspecified atom stereocenters. The van der Waals surface area contributed by atoms with Crippen molar-refractivity contribution in [2.24, 2.45) is 0 Å². The summed E-state index contributed by atoms with van der Waals surface area (Å²) in [5.74, 6) is 0. The maximum absolute atomic E-state index is 8.69. The molecule has 3 nitrogen and oxygen atoms in total. The third-order valence-corrected chi connectivity index (χ3v) is 3.03. The van der Waals surface area contributed by atoms with Crippen LogP contribution in [0.1, 0.15) is 65.7 Å². The van der Waals surface area contributed by atoms with Crippen LogP contribution in [-0.4, -0.2) is 37.1 Å². The van der Waals surface area contributed by atoms with Crippen LogP contribution in [0.5, 0.6) is 0 Å². The van der Waals surface area contributed by atoms with Crippen molar-refractivity contribution in [2.75, 3.05) is 19.8 Å². The van der Waals surface area contributed by atoms with Crippen molar-refractivity contribution in [3.8, 4) is 0 Å². The summed E-state index contributed by atoms with van der Waals surface area (Å²) >= 11 is 0. The molecule has 0 spiro atoms. The second-order valence-corrected chi connectivity index (χ2v) is 5.08. The fourth-order valence-corrected chi connectivity index (χ4v) is 1.85.